The van der Waals surface area contributed by atoms with Gasteiger partial charge in [0.1, 0.15) is 5.82 Å². The molecule has 104 valence electrons. The second-order valence-electron chi connectivity index (χ2n) is 4.76. The van der Waals surface area contributed by atoms with Crippen LogP contribution in [0.2, 0.25) is 0 Å². The molecule has 0 aliphatic rings. The van der Waals surface area contributed by atoms with E-state index in [2.05, 4.69) is 10.6 Å². The number of halogens is 1. The van der Waals surface area contributed by atoms with Crippen molar-refractivity contribution in [2.75, 3.05) is 5.32 Å². The van der Waals surface area contributed by atoms with E-state index in [1.54, 1.807) is 13.0 Å². The molecular formula is C16H17FN2O. The van der Waals surface area contributed by atoms with Crippen molar-refractivity contribution in [3.63, 3.8) is 0 Å². The van der Waals surface area contributed by atoms with Gasteiger partial charge in [-0.1, -0.05) is 29.8 Å². The first kappa shape index (κ1) is 14.1. The van der Waals surface area contributed by atoms with Gasteiger partial charge in [-0.2, -0.15) is 0 Å². The van der Waals surface area contributed by atoms with Crippen molar-refractivity contribution in [1.82, 2.24) is 5.32 Å². The molecule has 3 nitrogen and oxygen atoms in total. The maximum absolute atomic E-state index is 13.1. The number of anilines is 1. The van der Waals surface area contributed by atoms with Gasteiger partial charge in [-0.25, -0.2) is 9.18 Å². The summed E-state index contributed by atoms with van der Waals surface area (Å²) in [5, 5.41) is 5.43. The lowest BCUT2D eigenvalue weighted by Crippen LogP contribution is -2.28. The molecule has 0 fully saturated rings. The molecule has 20 heavy (non-hydrogen) atoms. The molecule has 0 atom stereocenters. The van der Waals surface area contributed by atoms with Crippen LogP contribution in [-0.4, -0.2) is 6.03 Å². The van der Waals surface area contributed by atoms with E-state index < -0.39 is 0 Å². The number of carbonyl (C=O) groups excluding carboxylic acids is 1. The number of rotatable bonds is 3. The van der Waals surface area contributed by atoms with Crippen LogP contribution in [0, 0.1) is 19.7 Å². The van der Waals surface area contributed by atoms with Gasteiger partial charge in [-0.05, 0) is 43.2 Å². The van der Waals surface area contributed by atoms with Gasteiger partial charge >= 0.3 is 6.03 Å². The van der Waals surface area contributed by atoms with E-state index in [4.69, 9.17) is 0 Å². The molecule has 2 aromatic rings. The Hall–Kier alpha value is -2.36. The van der Waals surface area contributed by atoms with Gasteiger partial charge in [-0.3, -0.25) is 0 Å². The van der Waals surface area contributed by atoms with Crippen LogP contribution in [0.4, 0.5) is 14.9 Å². The minimum absolute atomic E-state index is 0.282. The van der Waals surface area contributed by atoms with E-state index >= 15 is 0 Å². The fourth-order valence-corrected chi connectivity index (χ4v) is 1.79. The minimum Gasteiger partial charge on any atom is -0.334 e. The maximum Gasteiger partial charge on any atom is 0.319 e. The molecule has 2 rings (SSSR count). The molecule has 2 amide bonds. The zero-order valence-corrected chi connectivity index (χ0v) is 11.5. The lowest BCUT2D eigenvalue weighted by atomic mass is 10.1. The van der Waals surface area contributed by atoms with E-state index in [9.17, 15) is 9.18 Å². The first-order valence-electron chi connectivity index (χ1n) is 6.41. The standard InChI is InChI=1S/C16H17FN2O/c1-11-3-5-13(6-4-11)10-18-16(20)19-14-7-8-15(17)12(2)9-14/h3-9H,10H2,1-2H3,(H2,18,19,20). The summed E-state index contributed by atoms with van der Waals surface area (Å²) in [5.41, 5.74) is 3.28. The van der Waals surface area contributed by atoms with Gasteiger partial charge in [-0.15, -0.1) is 0 Å². The zero-order valence-electron chi connectivity index (χ0n) is 11.5. The Balaban J connectivity index is 1.89. The summed E-state index contributed by atoms with van der Waals surface area (Å²) >= 11 is 0. The average molecular weight is 272 g/mol. The molecule has 0 heterocycles. The quantitative estimate of drug-likeness (QED) is 0.877. The van der Waals surface area contributed by atoms with Crippen LogP contribution in [0.25, 0.3) is 0 Å². The monoisotopic (exact) mass is 272 g/mol. The predicted octanol–water partition coefficient (Wildman–Crippen LogP) is 3.76. The first-order chi connectivity index (χ1) is 9.54. The number of hydrogen-bond donors (Lipinski definition) is 2. The highest BCUT2D eigenvalue weighted by Gasteiger charge is 2.03. The Labute approximate surface area is 117 Å². The third-order valence-corrected chi connectivity index (χ3v) is 2.99. The van der Waals surface area contributed by atoms with Crippen LogP contribution in [0.5, 0.6) is 0 Å². The van der Waals surface area contributed by atoms with Crippen LogP contribution in [0.1, 0.15) is 16.7 Å². The second kappa shape index (κ2) is 6.19. The maximum atomic E-state index is 13.1. The van der Waals surface area contributed by atoms with Gasteiger partial charge in [0.15, 0.2) is 0 Å². The molecule has 0 spiro atoms. The summed E-state index contributed by atoms with van der Waals surface area (Å²) in [5.74, 6) is -0.282. The molecule has 2 N–H and O–H groups in total. The molecule has 0 aromatic heterocycles. The van der Waals surface area contributed by atoms with Crippen molar-refractivity contribution in [3.05, 3.63) is 65.0 Å². The van der Waals surface area contributed by atoms with Crippen LogP contribution >= 0.6 is 0 Å². The van der Waals surface area contributed by atoms with E-state index in [1.807, 2.05) is 31.2 Å². The molecule has 0 aliphatic heterocycles. The Kier molecular flexibility index (Phi) is 4.35. The van der Waals surface area contributed by atoms with Crippen molar-refractivity contribution in [2.45, 2.75) is 20.4 Å². The molecule has 0 radical (unpaired) electrons. The molecule has 0 aliphatic carbocycles. The SMILES string of the molecule is Cc1ccc(CNC(=O)Nc2ccc(F)c(C)c2)cc1. The topological polar surface area (TPSA) is 41.1 Å². The van der Waals surface area contributed by atoms with Gasteiger partial charge < -0.3 is 10.6 Å². The van der Waals surface area contributed by atoms with Gasteiger partial charge in [0, 0.05) is 12.2 Å². The number of aryl methyl sites for hydroxylation is 2. The third-order valence-electron chi connectivity index (χ3n) is 2.99. The molecular weight excluding hydrogens is 255 g/mol. The van der Waals surface area contributed by atoms with Gasteiger partial charge in [0.25, 0.3) is 0 Å². The highest BCUT2D eigenvalue weighted by molar-refractivity contribution is 5.89. The summed E-state index contributed by atoms with van der Waals surface area (Å²) in [7, 11) is 0. The van der Waals surface area contributed by atoms with Gasteiger partial charge in [0.05, 0.1) is 0 Å². The van der Waals surface area contributed by atoms with Crippen molar-refractivity contribution >= 4 is 11.7 Å². The first-order valence-corrected chi connectivity index (χ1v) is 6.41. The van der Waals surface area contributed by atoms with Crippen LogP contribution in [0.3, 0.4) is 0 Å². The molecule has 0 bridgehead atoms. The Morgan fingerprint density at radius 2 is 1.80 bits per heavy atom. The highest BCUT2D eigenvalue weighted by Crippen LogP contribution is 2.13. The van der Waals surface area contributed by atoms with Crippen molar-refractivity contribution in [3.8, 4) is 0 Å². The number of carbonyl (C=O) groups is 1. The summed E-state index contributed by atoms with van der Waals surface area (Å²) in [4.78, 5) is 11.7. The lowest BCUT2D eigenvalue weighted by Gasteiger charge is -2.09. The molecule has 4 heteroatoms. The third kappa shape index (κ3) is 3.82. The molecule has 0 saturated heterocycles. The summed E-state index contributed by atoms with van der Waals surface area (Å²) in [6, 6.07) is 12.1. The largest absolute Gasteiger partial charge is 0.334 e. The lowest BCUT2D eigenvalue weighted by molar-refractivity contribution is 0.251. The fraction of sp³-hybridized carbons (Fsp3) is 0.188. The Morgan fingerprint density at radius 1 is 1.10 bits per heavy atom. The van der Waals surface area contributed by atoms with Crippen molar-refractivity contribution in [2.24, 2.45) is 0 Å². The van der Waals surface area contributed by atoms with Crippen LogP contribution in [0.15, 0.2) is 42.5 Å². The number of benzene rings is 2. The number of amides is 2. The number of hydrogen-bond acceptors (Lipinski definition) is 1. The summed E-state index contributed by atoms with van der Waals surface area (Å²) < 4.78 is 13.1. The summed E-state index contributed by atoms with van der Waals surface area (Å²) in [6.45, 7) is 4.12. The van der Waals surface area contributed by atoms with Crippen molar-refractivity contribution in [1.29, 1.82) is 0 Å². The van der Waals surface area contributed by atoms with Crippen LogP contribution < -0.4 is 10.6 Å². The molecule has 0 unspecified atom stereocenters. The summed E-state index contributed by atoms with van der Waals surface area (Å²) in [6.07, 6.45) is 0. The Morgan fingerprint density at radius 3 is 2.45 bits per heavy atom. The van der Waals surface area contributed by atoms with Crippen molar-refractivity contribution < 1.29 is 9.18 Å². The number of nitrogens with one attached hydrogen (secondary N) is 2. The van der Waals surface area contributed by atoms with E-state index in [1.165, 1.54) is 17.7 Å². The molecule has 2 aromatic carbocycles. The fourth-order valence-electron chi connectivity index (χ4n) is 1.79. The molecule has 0 saturated carbocycles. The van der Waals surface area contributed by atoms with E-state index in [-0.39, 0.29) is 11.8 Å². The highest BCUT2D eigenvalue weighted by atomic mass is 19.1. The zero-order chi connectivity index (χ0) is 14.5. The predicted molar refractivity (Wildman–Crippen MR) is 78.2 cm³/mol. The minimum atomic E-state index is -0.309. The van der Waals surface area contributed by atoms with E-state index in [0.29, 0.717) is 17.8 Å². The second-order valence-corrected chi connectivity index (χ2v) is 4.76. The van der Waals surface area contributed by atoms with E-state index in [0.717, 1.165) is 5.56 Å². The van der Waals surface area contributed by atoms with Gasteiger partial charge in [0.2, 0.25) is 0 Å². The number of urea groups is 1. The smallest absolute Gasteiger partial charge is 0.319 e. The average Bonchev–Trinajstić information content (AvgIpc) is 2.42. The van der Waals surface area contributed by atoms with Crippen LogP contribution in [-0.2, 0) is 6.54 Å². The Bertz CT molecular complexity index is 608. The normalized spacial score (nSPS) is 10.2.